The van der Waals surface area contributed by atoms with Gasteiger partial charge in [0, 0.05) is 19.3 Å². The molecule has 1 unspecified atom stereocenters. The highest BCUT2D eigenvalue weighted by Crippen LogP contribution is 2.11. The number of ether oxygens (including phenoxy) is 3. The maximum absolute atomic E-state index is 12.8. The molecule has 1 atom stereocenters. The fourth-order valence-corrected chi connectivity index (χ4v) is 6.55. The molecular weight excluding hydrogens is 853 g/mol. The van der Waals surface area contributed by atoms with Crippen LogP contribution in [0.1, 0.15) is 201 Å². The minimum Gasteiger partial charge on any atom is -0.462 e. The van der Waals surface area contributed by atoms with Gasteiger partial charge >= 0.3 is 17.9 Å². The number of rotatable bonds is 46. The molecular formula is C63H96O6. The third kappa shape index (κ3) is 53.8. The van der Waals surface area contributed by atoms with Crippen molar-refractivity contribution < 1.29 is 28.6 Å². The predicted molar refractivity (Wildman–Crippen MR) is 297 cm³/mol. The molecule has 384 valence electrons. The minimum atomic E-state index is -0.830. The van der Waals surface area contributed by atoms with Gasteiger partial charge in [-0.2, -0.15) is 0 Å². The highest BCUT2D eigenvalue weighted by Gasteiger charge is 2.19. The van der Waals surface area contributed by atoms with Crippen LogP contribution in [0.4, 0.5) is 0 Å². The highest BCUT2D eigenvalue weighted by atomic mass is 16.6. The Balaban J connectivity index is 4.41. The van der Waals surface area contributed by atoms with Crippen LogP contribution in [0.25, 0.3) is 0 Å². The maximum atomic E-state index is 12.8. The van der Waals surface area contributed by atoms with E-state index in [-0.39, 0.29) is 44.0 Å². The molecule has 0 amide bonds. The molecule has 0 aromatic heterocycles. The first kappa shape index (κ1) is 64.0. The van der Waals surface area contributed by atoms with E-state index in [1.165, 1.54) is 25.7 Å². The second-order valence-corrected chi connectivity index (χ2v) is 17.0. The van der Waals surface area contributed by atoms with Crippen LogP contribution in [0.5, 0.6) is 0 Å². The van der Waals surface area contributed by atoms with Gasteiger partial charge in [-0.1, -0.05) is 217 Å². The topological polar surface area (TPSA) is 78.9 Å². The van der Waals surface area contributed by atoms with E-state index in [4.69, 9.17) is 14.2 Å². The average Bonchev–Trinajstić information content (AvgIpc) is 3.35. The van der Waals surface area contributed by atoms with E-state index in [1.54, 1.807) is 0 Å². The Hall–Kier alpha value is -4.97. The molecule has 0 fully saturated rings. The number of carbonyl (C=O) groups excluding carboxylic acids is 3. The molecule has 0 saturated heterocycles. The normalized spacial score (nSPS) is 13.4. The molecule has 0 heterocycles. The van der Waals surface area contributed by atoms with E-state index >= 15 is 0 Å². The number of allylic oxidation sites excluding steroid dienone is 26. The Morgan fingerprint density at radius 2 is 0.580 bits per heavy atom. The molecule has 6 nitrogen and oxygen atoms in total. The zero-order valence-electron chi connectivity index (χ0n) is 43.8. The van der Waals surface area contributed by atoms with Gasteiger partial charge in [-0.3, -0.25) is 14.4 Å². The zero-order valence-corrected chi connectivity index (χ0v) is 43.8. The lowest BCUT2D eigenvalue weighted by Gasteiger charge is -2.18. The minimum absolute atomic E-state index is 0.121. The summed E-state index contributed by atoms with van der Waals surface area (Å²) >= 11 is 0. The molecule has 6 heteroatoms. The van der Waals surface area contributed by atoms with Gasteiger partial charge in [0.2, 0.25) is 0 Å². The van der Waals surface area contributed by atoms with Crippen molar-refractivity contribution in [2.75, 3.05) is 13.2 Å². The molecule has 69 heavy (non-hydrogen) atoms. The fraction of sp³-hybridized carbons (Fsp3) is 0.540. The largest absolute Gasteiger partial charge is 0.462 e. The summed E-state index contributed by atoms with van der Waals surface area (Å²) in [6.45, 7) is 6.25. The van der Waals surface area contributed by atoms with E-state index in [0.29, 0.717) is 19.3 Å². The van der Waals surface area contributed by atoms with E-state index in [9.17, 15) is 14.4 Å². The molecule has 0 aromatic rings. The lowest BCUT2D eigenvalue weighted by molar-refractivity contribution is -0.167. The van der Waals surface area contributed by atoms with E-state index in [2.05, 4.69) is 179 Å². The summed E-state index contributed by atoms with van der Waals surface area (Å²) in [4.78, 5) is 37.8. The van der Waals surface area contributed by atoms with Crippen molar-refractivity contribution in [3.63, 3.8) is 0 Å². The predicted octanol–water partition coefficient (Wildman–Crippen LogP) is 18.2. The van der Waals surface area contributed by atoms with Crippen LogP contribution in [-0.4, -0.2) is 37.2 Å². The maximum Gasteiger partial charge on any atom is 0.306 e. The summed E-state index contributed by atoms with van der Waals surface area (Å²) < 4.78 is 16.6. The fourth-order valence-electron chi connectivity index (χ4n) is 6.55. The van der Waals surface area contributed by atoms with E-state index in [0.717, 1.165) is 122 Å². The molecule has 0 aromatic carbocycles. The Bertz CT molecular complexity index is 1610. The van der Waals surface area contributed by atoms with Gasteiger partial charge in [0.1, 0.15) is 13.2 Å². The van der Waals surface area contributed by atoms with Crippen molar-refractivity contribution in [2.24, 2.45) is 0 Å². The van der Waals surface area contributed by atoms with Gasteiger partial charge in [-0.05, 0) is 122 Å². The summed E-state index contributed by atoms with van der Waals surface area (Å²) in [7, 11) is 0. The number of hydrogen-bond donors (Lipinski definition) is 0. The average molecular weight is 949 g/mol. The molecule has 0 aliphatic carbocycles. The van der Waals surface area contributed by atoms with Crippen molar-refractivity contribution in [1.29, 1.82) is 0 Å². The Morgan fingerprint density at radius 3 is 0.928 bits per heavy atom. The van der Waals surface area contributed by atoms with Crippen LogP contribution in [0.3, 0.4) is 0 Å². The van der Waals surface area contributed by atoms with Crippen molar-refractivity contribution in [3.8, 4) is 0 Å². The van der Waals surface area contributed by atoms with E-state index in [1.807, 2.05) is 0 Å². The Kier molecular flexibility index (Phi) is 51.6. The van der Waals surface area contributed by atoms with Gasteiger partial charge in [-0.25, -0.2) is 0 Å². The van der Waals surface area contributed by atoms with Gasteiger partial charge in [-0.15, -0.1) is 0 Å². The number of carbonyl (C=O) groups is 3. The van der Waals surface area contributed by atoms with Crippen molar-refractivity contribution in [1.82, 2.24) is 0 Å². The summed E-state index contributed by atoms with van der Waals surface area (Å²) in [6.07, 6.45) is 81.2. The van der Waals surface area contributed by atoms with Gasteiger partial charge < -0.3 is 14.2 Å². The molecule has 0 N–H and O–H groups in total. The van der Waals surface area contributed by atoms with Crippen molar-refractivity contribution in [2.45, 2.75) is 207 Å². The molecule has 0 saturated carbocycles. The number of unbranched alkanes of at least 4 members (excludes halogenated alkanes) is 9. The SMILES string of the molecule is CC/C=C\C/C=C\C/C=C\C/C=C\C/C=C\C/C=C\C/C=C\C/C=C\CCCCC(=O)OCC(COC(=O)CCCCCCCCC)OC(=O)CCC/C=C\C/C=C\C/C=C\C/C=C\C/C=C\CC. The third-order valence-corrected chi connectivity index (χ3v) is 10.5. The molecule has 0 radical (unpaired) electrons. The highest BCUT2D eigenvalue weighted by molar-refractivity contribution is 5.71. The van der Waals surface area contributed by atoms with Gasteiger partial charge in [0.25, 0.3) is 0 Å². The van der Waals surface area contributed by atoms with Crippen molar-refractivity contribution in [3.05, 3.63) is 158 Å². The third-order valence-electron chi connectivity index (χ3n) is 10.5. The van der Waals surface area contributed by atoms with Crippen LogP contribution in [0.2, 0.25) is 0 Å². The van der Waals surface area contributed by atoms with Crippen LogP contribution < -0.4 is 0 Å². The van der Waals surface area contributed by atoms with Gasteiger partial charge in [0.05, 0.1) is 0 Å². The van der Waals surface area contributed by atoms with Crippen LogP contribution in [-0.2, 0) is 28.6 Å². The molecule has 0 spiro atoms. The first-order chi connectivity index (χ1) is 34.0. The Morgan fingerprint density at radius 1 is 0.304 bits per heavy atom. The lowest BCUT2D eigenvalue weighted by Crippen LogP contribution is -2.30. The molecule has 0 aliphatic heterocycles. The second-order valence-electron chi connectivity index (χ2n) is 17.0. The second kappa shape index (κ2) is 55.6. The Labute approximate surface area is 422 Å². The standard InChI is InChI=1S/C63H96O6/c1-4-7-10-13-16-18-20-22-24-26-27-28-29-30-31-32-33-34-35-37-38-40-42-44-47-50-53-56-62(65)68-59-60(58-67-61(64)55-52-49-46-15-12-9-6-3)69-63(66)57-54-51-48-45-43-41-39-36-25-23-21-19-17-14-11-8-5-2/h7-8,10-11,16-19,22-25,27-28,30-31,33-34,37-39,41-42,44-45,48,60H,4-6,9,12-15,20-21,26,29,32,35-36,40,43,46-47,49-59H2,1-3H3/b10-7-,11-8-,18-16-,19-17-,24-22-,25-23-,28-27-,31-30-,34-33-,38-37-,41-39-,44-42-,48-45-. The first-order valence-corrected chi connectivity index (χ1v) is 27.0. The van der Waals surface area contributed by atoms with Crippen LogP contribution in [0, 0.1) is 0 Å². The van der Waals surface area contributed by atoms with Crippen molar-refractivity contribution >= 4 is 17.9 Å². The summed E-state index contributed by atoms with van der Waals surface area (Å²) in [5.41, 5.74) is 0. The first-order valence-electron chi connectivity index (χ1n) is 27.0. The van der Waals surface area contributed by atoms with Gasteiger partial charge in [0.15, 0.2) is 6.10 Å². The summed E-state index contributed by atoms with van der Waals surface area (Å²) in [6, 6.07) is 0. The van der Waals surface area contributed by atoms with Crippen LogP contribution >= 0.6 is 0 Å². The van der Waals surface area contributed by atoms with E-state index < -0.39 is 6.10 Å². The number of hydrogen-bond acceptors (Lipinski definition) is 6. The summed E-state index contributed by atoms with van der Waals surface area (Å²) in [5, 5.41) is 0. The summed E-state index contributed by atoms with van der Waals surface area (Å²) in [5.74, 6) is -1.05. The smallest absolute Gasteiger partial charge is 0.306 e. The monoisotopic (exact) mass is 949 g/mol. The van der Waals surface area contributed by atoms with Crippen LogP contribution in [0.15, 0.2) is 158 Å². The zero-order chi connectivity index (χ0) is 50.0. The molecule has 0 aliphatic rings. The number of esters is 3. The molecule has 0 rings (SSSR count). The molecule has 0 bridgehead atoms. The lowest BCUT2D eigenvalue weighted by atomic mass is 10.1. The quantitative estimate of drug-likeness (QED) is 0.0262.